The molecule has 0 bridgehead atoms. The van der Waals surface area contributed by atoms with Crippen LogP contribution in [-0.4, -0.2) is 10.3 Å². The summed E-state index contributed by atoms with van der Waals surface area (Å²) in [6.07, 6.45) is 13.1. The van der Waals surface area contributed by atoms with E-state index >= 15 is 0 Å². The Balaban J connectivity index is 0.00000288. The number of imidazole rings is 1. The second-order valence-electron chi connectivity index (χ2n) is 6.43. The zero-order chi connectivity index (χ0) is 16.3. The van der Waals surface area contributed by atoms with E-state index in [1.54, 1.807) is 0 Å². The molecule has 0 unspecified atom stereocenters. The molecule has 24 heavy (non-hydrogen) atoms. The molecule has 0 aliphatic carbocycles. The van der Waals surface area contributed by atoms with Crippen molar-refractivity contribution in [3.8, 4) is 0 Å². The number of aryl methyl sites for hydroxylation is 1. The molecule has 1 heterocycles. The molecule has 0 saturated heterocycles. The van der Waals surface area contributed by atoms with E-state index in [0.717, 1.165) is 12.4 Å². The van der Waals surface area contributed by atoms with Gasteiger partial charge in [-0.2, -0.15) is 0 Å². The lowest BCUT2D eigenvalue weighted by atomic mass is 10.2. The maximum Gasteiger partial charge on any atom is 0.245 e. The van der Waals surface area contributed by atoms with Gasteiger partial charge in [-0.1, -0.05) is 58.1 Å². The van der Waals surface area contributed by atoms with Gasteiger partial charge in [0.25, 0.3) is 0 Å². The van der Waals surface area contributed by atoms with Gasteiger partial charge in [0.05, 0.1) is 6.54 Å². The maximum atomic E-state index is 2.45. The summed E-state index contributed by atoms with van der Waals surface area (Å²) in [7, 11) is 0. The molecule has 0 amide bonds. The van der Waals surface area contributed by atoms with E-state index < -0.39 is 0 Å². The molecule has 0 saturated carbocycles. The van der Waals surface area contributed by atoms with Gasteiger partial charge in [0.15, 0.2) is 11.0 Å². The summed E-state index contributed by atoms with van der Waals surface area (Å²) in [5.41, 5.74) is 2.76. The van der Waals surface area contributed by atoms with Crippen LogP contribution in [0.25, 0.3) is 11.0 Å². The monoisotopic (exact) mass is 368 g/mol. The van der Waals surface area contributed by atoms with E-state index in [9.17, 15) is 0 Å². The third-order valence-electron chi connectivity index (χ3n) is 4.40. The minimum atomic E-state index is 0. The molecule has 0 spiro atoms. The quantitative estimate of drug-likeness (QED) is 0.413. The highest BCUT2D eigenvalue weighted by Gasteiger charge is 2.14. The van der Waals surface area contributed by atoms with Crippen LogP contribution >= 0.6 is 11.8 Å². The van der Waals surface area contributed by atoms with E-state index in [2.05, 4.69) is 65.3 Å². The smallest absolute Gasteiger partial charge is 0.245 e. The molecule has 0 atom stereocenters. The van der Waals surface area contributed by atoms with Crippen molar-refractivity contribution in [1.29, 1.82) is 0 Å². The second-order valence-corrected chi connectivity index (χ2v) is 7.50. The molecule has 2 nitrogen and oxygen atoms in total. The van der Waals surface area contributed by atoms with E-state index in [-0.39, 0.29) is 12.4 Å². The van der Waals surface area contributed by atoms with Crippen LogP contribution in [0.4, 0.5) is 0 Å². The highest BCUT2D eigenvalue weighted by Crippen LogP contribution is 2.15. The summed E-state index contributed by atoms with van der Waals surface area (Å²) in [5, 5.41) is 0. The Morgan fingerprint density at radius 2 is 1.62 bits per heavy atom. The minimum Gasteiger partial charge on any atom is -1.00 e. The number of hydrogen-bond donors (Lipinski definition) is 0. The number of halogens is 1. The van der Waals surface area contributed by atoms with Crippen LogP contribution in [0.1, 0.15) is 65.2 Å². The fourth-order valence-corrected chi connectivity index (χ4v) is 3.97. The highest BCUT2D eigenvalue weighted by molar-refractivity contribution is 7.98. The molecule has 0 aliphatic rings. The number of rotatable bonds is 12. The van der Waals surface area contributed by atoms with Crippen molar-refractivity contribution in [2.75, 3.05) is 5.75 Å². The molecule has 0 fully saturated rings. The molecule has 2 rings (SSSR count). The predicted molar refractivity (Wildman–Crippen MR) is 103 cm³/mol. The number of aromatic nitrogens is 2. The fourth-order valence-electron chi connectivity index (χ4n) is 3.03. The van der Waals surface area contributed by atoms with Gasteiger partial charge in [-0.15, -0.1) is 11.8 Å². The first-order chi connectivity index (χ1) is 11.4. The van der Waals surface area contributed by atoms with Gasteiger partial charge in [-0.25, -0.2) is 9.13 Å². The molecule has 0 aliphatic heterocycles. The Kier molecular flexibility index (Phi) is 11.3. The van der Waals surface area contributed by atoms with Gasteiger partial charge in [-0.3, -0.25) is 0 Å². The summed E-state index contributed by atoms with van der Waals surface area (Å²) >= 11 is 2.07. The number of hydrogen-bond acceptors (Lipinski definition) is 1. The highest BCUT2D eigenvalue weighted by atomic mass is 35.5. The molecule has 1 aromatic carbocycles. The topological polar surface area (TPSA) is 8.81 Å². The lowest BCUT2D eigenvalue weighted by Gasteiger charge is -1.99. The van der Waals surface area contributed by atoms with Crippen LogP contribution in [0.5, 0.6) is 0 Å². The maximum absolute atomic E-state index is 2.45. The first kappa shape index (κ1) is 21.4. The number of para-hydroxylation sites is 2. The molecule has 1 aromatic heterocycles. The van der Waals surface area contributed by atoms with E-state index in [1.165, 1.54) is 68.2 Å². The van der Waals surface area contributed by atoms with Crippen molar-refractivity contribution in [2.45, 2.75) is 77.6 Å². The average Bonchev–Trinajstić information content (AvgIpc) is 2.93. The molecular weight excluding hydrogens is 336 g/mol. The van der Waals surface area contributed by atoms with E-state index in [4.69, 9.17) is 0 Å². The Morgan fingerprint density at radius 3 is 2.38 bits per heavy atom. The molecule has 136 valence electrons. The predicted octanol–water partition coefficient (Wildman–Crippen LogP) is 2.78. The van der Waals surface area contributed by atoms with Crippen LogP contribution in [0.2, 0.25) is 0 Å². The van der Waals surface area contributed by atoms with Gasteiger partial charge in [-0.05, 0) is 37.1 Å². The number of benzene rings is 1. The molecular formula is C20H33ClN2S. The first-order valence-electron chi connectivity index (χ1n) is 9.41. The zero-order valence-electron chi connectivity index (χ0n) is 15.3. The number of unbranched alkanes of at least 4 members (excludes halogenated alkanes) is 6. The normalized spacial score (nSPS) is 10.9. The molecule has 0 N–H and O–H groups in total. The summed E-state index contributed by atoms with van der Waals surface area (Å²) < 4.78 is 4.88. The van der Waals surface area contributed by atoms with Crippen molar-refractivity contribution in [1.82, 2.24) is 4.57 Å². The lowest BCUT2D eigenvalue weighted by molar-refractivity contribution is -0.650. The SMILES string of the molecule is CCCCCCSC[n+]1cn(CCCCCC)c2ccccc21.[Cl-]. The number of fused-ring (bicyclic) bond motifs is 1. The Labute approximate surface area is 158 Å². The lowest BCUT2D eigenvalue weighted by Crippen LogP contribution is -3.00. The van der Waals surface area contributed by atoms with Crippen LogP contribution < -0.4 is 17.0 Å². The average molecular weight is 369 g/mol. The van der Waals surface area contributed by atoms with Crippen LogP contribution in [0.15, 0.2) is 30.6 Å². The largest absolute Gasteiger partial charge is 1.00 e. The first-order valence-corrected chi connectivity index (χ1v) is 10.6. The standard InChI is InChI=1S/C20H33N2S.ClH/c1-3-5-7-11-15-21-17-22(18-23-16-12-8-6-4-2)20-14-10-9-13-19(20)21;/h9-10,13-14,17H,3-8,11-12,15-16,18H2,1-2H3;1H/q+1;/p-1. The van der Waals surface area contributed by atoms with Crippen LogP contribution in [0, 0.1) is 0 Å². The van der Waals surface area contributed by atoms with Gasteiger partial charge in [0.1, 0.15) is 5.88 Å². The summed E-state index contributed by atoms with van der Waals surface area (Å²) in [6, 6.07) is 8.84. The fraction of sp³-hybridized carbons (Fsp3) is 0.650. The number of nitrogens with zero attached hydrogens (tertiary/aromatic N) is 2. The van der Waals surface area contributed by atoms with Crippen LogP contribution in [-0.2, 0) is 12.4 Å². The molecule has 0 radical (unpaired) electrons. The van der Waals surface area contributed by atoms with Gasteiger partial charge >= 0.3 is 0 Å². The summed E-state index contributed by atoms with van der Waals surface area (Å²) in [6.45, 7) is 5.70. The molecule has 4 heteroatoms. The van der Waals surface area contributed by atoms with Gasteiger partial charge < -0.3 is 12.4 Å². The summed E-state index contributed by atoms with van der Waals surface area (Å²) in [5.74, 6) is 2.36. The van der Waals surface area contributed by atoms with Crippen molar-refractivity contribution in [3.05, 3.63) is 30.6 Å². The van der Waals surface area contributed by atoms with Gasteiger partial charge in [0.2, 0.25) is 6.33 Å². The third kappa shape index (κ3) is 6.68. The summed E-state index contributed by atoms with van der Waals surface area (Å²) in [4.78, 5) is 0. The van der Waals surface area contributed by atoms with Crippen molar-refractivity contribution < 1.29 is 17.0 Å². The van der Waals surface area contributed by atoms with Crippen LogP contribution in [0.3, 0.4) is 0 Å². The van der Waals surface area contributed by atoms with E-state index in [0.29, 0.717) is 0 Å². The van der Waals surface area contributed by atoms with Crippen molar-refractivity contribution >= 4 is 22.8 Å². The van der Waals surface area contributed by atoms with E-state index in [1.807, 2.05) is 0 Å². The second kappa shape index (κ2) is 12.7. The zero-order valence-corrected chi connectivity index (χ0v) is 16.9. The Hall–Kier alpha value is -0.670. The molecule has 2 aromatic rings. The third-order valence-corrected chi connectivity index (χ3v) is 5.44. The van der Waals surface area contributed by atoms with Crippen molar-refractivity contribution in [2.24, 2.45) is 0 Å². The Morgan fingerprint density at radius 1 is 0.917 bits per heavy atom. The number of thioether (sulfide) groups is 1. The van der Waals surface area contributed by atoms with Crippen molar-refractivity contribution in [3.63, 3.8) is 0 Å². The minimum absolute atomic E-state index is 0. The Bertz CT molecular complexity index is 568. The van der Waals surface area contributed by atoms with Gasteiger partial charge in [0, 0.05) is 0 Å².